The Hall–Kier alpha value is -2.90. The van der Waals surface area contributed by atoms with Gasteiger partial charge in [-0.15, -0.1) is 0 Å². The van der Waals surface area contributed by atoms with Crippen LogP contribution < -0.4 is 5.32 Å². The van der Waals surface area contributed by atoms with E-state index in [4.69, 9.17) is 0 Å². The van der Waals surface area contributed by atoms with Crippen molar-refractivity contribution in [3.63, 3.8) is 0 Å². The molecule has 1 aromatic carbocycles. The normalized spacial score (nSPS) is 12.4. The van der Waals surface area contributed by atoms with Gasteiger partial charge in [0.05, 0.1) is 16.6 Å². The van der Waals surface area contributed by atoms with Gasteiger partial charge in [0, 0.05) is 24.7 Å². The summed E-state index contributed by atoms with van der Waals surface area (Å²) in [6, 6.07) is 7.89. The second-order valence-corrected chi connectivity index (χ2v) is 8.58. The van der Waals surface area contributed by atoms with E-state index in [0.717, 1.165) is 17.8 Å². The SMILES string of the molecule is Cc1cc2nc(NC(=O)CC(C)(C)C)c(F)cc2n1Cc1ccc(C(F)(F)F)cc1. The van der Waals surface area contributed by atoms with Gasteiger partial charge in [0.1, 0.15) is 0 Å². The molecule has 3 aromatic rings. The van der Waals surface area contributed by atoms with Crippen LogP contribution in [0.5, 0.6) is 0 Å². The minimum absolute atomic E-state index is 0.136. The van der Waals surface area contributed by atoms with Crippen LogP contribution in [0.4, 0.5) is 23.4 Å². The summed E-state index contributed by atoms with van der Waals surface area (Å²) in [5, 5.41) is 2.52. The molecule has 2 heterocycles. The summed E-state index contributed by atoms with van der Waals surface area (Å²) in [6.07, 6.45) is -4.17. The first kappa shape index (κ1) is 21.8. The number of carbonyl (C=O) groups excluding carboxylic acids is 1. The molecule has 0 aliphatic carbocycles. The van der Waals surface area contributed by atoms with Gasteiger partial charge < -0.3 is 9.88 Å². The van der Waals surface area contributed by atoms with Crippen molar-refractivity contribution in [2.45, 2.75) is 46.8 Å². The molecule has 0 atom stereocenters. The third-order valence-corrected chi connectivity index (χ3v) is 4.62. The zero-order valence-electron chi connectivity index (χ0n) is 17.2. The van der Waals surface area contributed by atoms with E-state index in [2.05, 4.69) is 10.3 Å². The molecule has 30 heavy (non-hydrogen) atoms. The van der Waals surface area contributed by atoms with Crippen molar-refractivity contribution in [2.75, 3.05) is 5.32 Å². The maximum Gasteiger partial charge on any atom is 0.416 e. The second kappa shape index (κ2) is 7.74. The van der Waals surface area contributed by atoms with Gasteiger partial charge in [-0.3, -0.25) is 4.79 Å². The van der Waals surface area contributed by atoms with Crippen LogP contribution in [0.3, 0.4) is 0 Å². The average Bonchev–Trinajstić information content (AvgIpc) is 2.88. The average molecular weight is 421 g/mol. The summed E-state index contributed by atoms with van der Waals surface area (Å²) >= 11 is 0. The van der Waals surface area contributed by atoms with Crippen LogP contribution in [0, 0.1) is 18.2 Å². The fourth-order valence-corrected chi connectivity index (χ4v) is 3.22. The summed E-state index contributed by atoms with van der Waals surface area (Å²) in [6.45, 7) is 7.80. The number of anilines is 1. The van der Waals surface area contributed by atoms with E-state index in [1.54, 1.807) is 10.6 Å². The first-order chi connectivity index (χ1) is 13.8. The molecule has 0 fully saturated rings. The molecule has 0 radical (unpaired) electrons. The molecule has 0 saturated heterocycles. The van der Waals surface area contributed by atoms with Crippen molar-refractivity contribution in [1.29, 1.82) is 0 Å². The number of halogens is 4. The Morgan fingerprint density at radius 3 is 2.30 bits per heavy atom. The van der Waals surface area contributed by atoms with Crippen LogP contribution in [-0.2, 0) is 17.5 Å². The van der Waals surface area contributed by atoms with Crippen molar-refractivity contribution in [2.24, 2.45) is 5.41 Å². The fraction of sp³-hybridized carbons (Fsp3) is 0.364. The van der Waals surface area contributed by atoms with Crippen molar-refractivity contribution in [3.05, 3.63) is 59.0 Å². The van der Waals surface area contributed by atoms with E-state index in [9.17, 15) is 22.4 Å². The first-order valence-electron chi connectivity index (χ1n) is 9.46. The second-order valence-electron chi connectivity index (χ2n) is 8.58. The molecule has 0 aliphatic heterocycles. The molecule has 0 bridgehead atoms. The number of hydrogen-bond acceptors (Lipinski definition) is 2. The molecule has 8 heteroatoms. The Bertz CT molecular complexity index is 1080. The monoisotopic (exact) mass is 421 g/mol. The number of rotatable bonds is 4. The highest BCUT2D eigenvalue weighted by atomic mass is 19.4. The molecule has 0 aliphatic rings. The fourth-order valence-electron chi connectivity index (χ4n) is 3.22. The highest BCUT2D eigenvalue weighted by Crippen LogP contribution is 2.30. The zero-order chi connectivity index (χ0) is 22.3. The van der Waals surface area contributed by atoms with Crippen LogP contribution >= 0.6 is 0 Å². The first-order valence-corrected chi connectivity index (χ1v) is 9.46. The molecule has 1 N–H and O–H groups in total. The van der Waals surface area contributed by atoms with E-state index < -0.39 is 17.6 Å². The van der Waals surface area contributed by atoms with Gasteiger partial charge in [0.25, 0.3) is 0 Å². The van der Waals surface area contributed by atoms with E-state index in [1.807, 2.05) is 27.7 Å². The third kappa shape index (κ3) is 4.98. The highest BCUT2D eigenvalue weighted by molar-refractivity contribution is 5.91. The zero-order valence-corrected chi connectivity index (χ0v) is 17.2. The molecule has 0 spiro atoms. The molecular formula is C22H23F4N3O. The standard InChI is InChI=1S/C22H23F4N3O/c1-13-9-17-18(10-16(23)20(27-17)28-19(30)11-21(2,3)4)29(13)12-14-5-7-15(8-6-14)22(24,25)26/h5-10H,11-12H2,1-4H3,(H,27,28,30). The Labute approximate surface area is 171 Å². The van der Waals surface area contributed by atoms with E-state index in [1.165, 1.54) is 18.2 Å². The van der Waals surface area contributed by atoms with Crippen molar-refractivity contribution in [1.82, 2.24) is 9.55 Å². The summed E-state index contributed by atoms with van der Waals surface area (Å²) in [4.78, 5) is 16.4. The molecule has 3 rings (SSSR count). The lowest BCUT2D eigenvalue weighted by molar-refractivity contribution is -0.137. The molecular weight excluding hydrogens is 398 g/mol. The molecule has 4 nitrogen and oxygen atoms in total. The number of amides is 1. The Kier molecular flexibility index (Phi) is 5.62. The van der Waals surface area contributed by atoms with Crippen LogP contribution in [0.2, 0.25) is 0 Å². The topological polar surface area (TPSA) is 46.9 Å². The smallest absolute Gasteiger partial charge is 0.339 e. The Balaban J connectivity index is 1.88. The molecule has 0 saturated carbocycles. The lowest BCUT2D eigenvalue weighted by Gasteiger charge is -2.17. The summed E-state index contributed by atoms with van der Waals surface area (Å²) in [5.41, 5.74) is 1.45. The van der Waals surface area contributed by atoms with Gasteiger partial charge >= 0.3 is 6.18 Å². The van der Waals surface area contributed by atoms with Gasteiger partial charge in [-0.2, -0.15) is 13.2 Å². The number of aromatic nitrogens is 2. The number of pyridine rings is 1. The van der Waals surface area contributed by atoms with Crippen LogP contribution in [0.15, 0.2) is 36.4 Å². The Morgan fingerprint density at radius 2 is 1.73 bits per heavy atom. The number of alkyl halides is 3. The number of nitrogens with one attached hydrogen (secondary N) is 1. The summed E-state index contributed by atoms with van der Waals surface area (Å²) in [5.74, 6) is -1.13. The van der Waals surface area contributed by atoms with Gasteiger partial charge in [-0.05, 0) is 36.1 Å². The van der Waals surface area contributed by atoms with E-state index in [-0.39, 0.29) is 30.1 Å². The van der Waals surface area contributed by atoms with E-state index >= 15 is 0 Å². The van der Waals surface area contributed by atoms with Crippen molar-refractivity contribution < 1.29 is 22.4 Å². The molecule has 160 valence electrons. The predicted molar refractivity (Wildman–Crippen MR) is 108 cm³/mol. The van der Waals surface area contributed by atoms with Crippen molar-refractivity contribution in [3.8, 4) is 0 Å². The van der Waals surface area contributed by atoms with E-state index in [0.29, 0.717) is 16.6 Å². The van der Waals surface area contributed by atoms with Crippen LogP contribution in [0.1, 0.15) is 44.0 Å². The largest absolute Gasteiger partial charge is 0.416 e. The number of aryl methyl sites for hydroxylation is 1. The molecule has 0 unspecified atom stereocenters. The van der Waals surface area contributed by atoms with Crippen LogP contribution in [0.25, 0.3) is 11.0 Å². The Morgan fingerprint density at radius 1 is 1.10 bits per heavy atom. The third-order valence-electron chi connectivity index (χ3n) is 4.62. The maximum absolute atomic E-state index is 14.6. The molecule has 2 aromatic heterocycles. The highest BCUT2D eigenvalue weighted by Gasteiger charge is 2.30. The number of nitrogens with zero attached hydrogens (tertiary/aromatic N) is 2. The van der Waals surface area contributed by atoms with Gasteiger partial charge in [-0.25, -0.2) is 9.37 Å². The van der Waals surface area contributed by atoms with Crippen molar-refractivity contribution >= 4 is 22.8 Å². The lowest BCUT2D eigenvalue weighted by Crippen LogP contribution is -2.20. The quantitative estimate of drug-likeness (QED) is 0.531. The minimum Gasteiger partial charge on any atom is -0.339 e. The number of carbonyl (C=O) groups is 1. The van der Waals surface area contributed by atoms with Gasteiger partial charge in [-0.1, -0.05) is 32.9 Å². The predicted octanol–water partition coefficient (Wildman–Crippen LogP) is 5.93. The van der Waals surface area contributed by atoms with Crippen LogP contribution in [-0.4, -0.2) is 15.5 Å². The maximum atomic E-state index is 14.6. The number of hydrogen-bond donors (Lipinski definition) is 1. The number of fused-ring (bicyclic) bond motifs is 1. The molecule has 1 amide bonds. The van der Waals surface area contributed by atoms with Gasteiger partial charge in [0.15, 0.2) is 11.6 Å². The number of benzene rings is 1. The lowest BCUT2D eigenvalue weighted by atomic mass is 9.92. The summed E-state index contributed by atoms with van der Waals surface area (Å²) in [7, 11) is 0. The summed E-state index contributed by atoms with van der Waals surface area (Å²) < 4.78 is 54.6. The minimum atomic E-state index is -4.39. The van der Waals surface area contributed by atoms with Gasteiger partial charge in [0.2, 0.25) is 5.91 Å².